The molecule has 1 aliphatic rings. The Morgan fingerprint density at radius 1 is 1.38 bits per heavy atom. The third kappa shape index (κ3) is 3.52. The Bertz CT molecular complexity index is 1160. The number of H-pyrrole nitrogens is 1. The van der Waals surface area contributed by atoms with E-state index in [1.807, 2.05) is 42.1 Å². The number of nitrogens with zero attached hydrogens (tertiary/aromatic N) is 3. The van der Waals surface area contributed by atoms with E-state index in [0.717, 1.165) is 52.8 Å². The molecular formula is C21H22ClN5O2. The van der Waals surface area contributed by atoms with Crippen molar-refractivity contribution in [1.29, 1.82) is 0 Å². The lowest BCUT2D eigenvalue weighted by atomic mass is 10.1. The number of benzene rings is 1. The maximum absolute atomic E-state index is 6.65. The van der Waals surface area contributed by atoms with Crippen LogP contribution in [0.25, 0.3) is 21.9 Å². The molecule has 0 aliphatic carbocycles. The van der Waals surface area contributed by atoms with E-state index in [1.165, 1.54) is 6.42 Å². The van der Waals surface area contributed by atoms with Crippen LogP contribution in [0.5, 0.6) is 5.75 Å². The molecule has 8 heteroatoms. The number of ether oxygens (including phenoxy) is 2. The van der Waals surface area contributed by atoms with Crippen LogP contribution in [-0.4, -0.2) is 39.1 Å². The maximum Gasteiger partial charge on any atom is 0.178 e. The van der Waals surface area contributed by atoms with Gasteiger partial charge in [-0.3, -0.25) is 10.1 Å². The predicted octanol–water partition coefficient (Wildman–Crippen LogP) is 4.79. The molecule has 1 aromatic carbocycles. The van der Waals surface area contributed by atoms with Crippen molar-refractivity contribution in [1.82, 2.24) is 19.7 Å². The van der Waals surface area contributed by atoms with Crippen LogP contribution in [0, 0.1) is 0 Å². The molecule has 1 saturated heterocycles. The maximum atomic E-state index is 6.65. The molecule has 3 aromatic heterocycles. The van der Waals surface area contributed by atoms with E-state index in [2.05, 4.69) is 20.5 Å². The summed E-state index contributed by atoms with van der Waals surface area (Å²) in [6, 6.07) is 7.73. The first-order valence-electron chi connectivity index (χ1n) is 9.78. The number of aromatic nitrogens is 4. The smallest absolute Gasteiger partial charge is 0.178 e. The lowest BCUT2D eigenvalue weighted by Crippen LogP contribution is -2.25. The molecule has 0 amide bonds. The van der Waals surface area contributed by atoms with Crippen LogP contribution in [0.15, 0.2) is 36.7 Å². The van der Waals surface area contributed by atoms with Crippen LogP contribution in [-0.2, 0) is 11.8 Å². The van der Waals surface area contributed by atoms with Crippen molar-refractivity contribution in [3.05, 3.63) is 41.7 Å². The van der Waals surface area contributed by atoms with Gasteiger partial charge in [-0.15, -0.1) is 0 Å². The number of rotatable bonds is 5. The highest BCUT2D eigenvalue weighted by molar-refractivity contribution is 6.36. The fraction of sp³-hybridized carbons (Fsp3) is 0.333. The summed E-state index contributed by atoms with van der Waals surface area (Å²) in [6.07, 6.45) is 7.23. The number of fused-ring (bicyclic) bond motifs is 2. The monoisotopic (exact) mass is 411 g/mol. The molecule has 1 unspecified atom stereocenters. The molecule has 1 fully saturated rings. The Morgan fingerprint density at radius 2 is 2.31 bits per heavy atom. The Hall–Kier alpha value is -2.77. The van der Waals surface area contributed by atoms with Gasteiger partial charge < -0.3 is 19.4 Å². The number of anilines is 2. The van der Waals surface area contributed by atoms with Gasteiger partial charge in [0.15, 0.2) is 5.82 Å². The van der Waals surface area contributed by atoms with Gasteiger partial charge >= 0.3 is 0 Å². The van der Waals surface area contributed by atoms with Crippen molar-refractivity contribution >= 4 is 45.0 Å². The lowest BCUT2D eigenvalue weighted by molar-refractivity contribution is -0.0108. The highest BCUT2D eigenvalue weighted by atomic mass is 35.5. The first-order chi connectivity index (χ1) is 14.2. The molecule has 0 saturated carbocycles. The largest absolute Gasteiger partial charge is 0.489 e. The van der Waals surface area contributed by atoms with Crippen LogP contribution in [0.2, 0.25) is 5.02 Å². The summed E-state index contributed by atoms with van der Waals surface area (Å²) in [6.45, 7) is 1.36. The van der Waals surface area contributed by atoms with Gasteiger partial charge in [-0.1, -0.05) is 11.6 Å². The molecule has 7 nitrogen and oxygen atoms in total. The van der Waals surface area contributed by atoms with Crippen molar-refractivity contribution in [3.63, 3.8) is 0 Å². The first-order valence-corrected chi connectivity index (χ1v) is 10.2. The SMILES string of the molecule is Cn1cc(OCC2CCCCO2)c2c(Cl)cc(Nc3n[nH]c4cccnc34)cc21. The second kappa shape index (κ2) is 7.57. The zero-order valence-electron chi connectivity index (χ0n) is 16.1. The van der Waals surface area contributed by atoms with Crippen molar-refractivity contribution in [2.75, 3.05) is 18.5 Å². The molecule has 2 N–H and O–H groups in total. The van der Waals surface area contributed by atoms with Crippen LogP contribution in [0.1, 0.15) is 19.3 Å². The average molecular weight is 412 g/mol. The van der Waals surface area contributed by atoms with E-state index < -0.39 is 0 Å². The summed E-state index contributed by atoms with van der Waals surface area (Å²) in [5.74, 6) is 1.44. The summed E-state index contributed by atoms with van der Waals surface area (Å²) in [4.78, 5) is 4.39. The lowest BCUT2D eigenvalue weighted by Gasteiger charge is -2.22. The molecule has 1 aliphatic heterocycles. The second-order valence-corrected chi connectivity index (χ2v) is 7.76. The van der Waals surface area contributed by atoms with Gasteiger partial charge in [0.25, 0.3) is 0 Å². The van der Waals surface area contributed by atoms with Crippen LogP contribution < -0.4 is 10.1 Å². The van der Waals surface area contributed by atoms with E-state index >= 15 is 0 Å². The minimum absolute atomic E-state index is 0.152. The van der Waals surface area contributed by atoms with Gasteiger partial charge in [0.2, 0.25) is 0 Å². The van der Waals surface area contributed by atoms with Crippen LogP contribution in [0.3, 0.4) is 0 Å². The van der Waals surface area contributed by atoms with E-state index in [1.54, 1.807) is 6.20 Å². The highest BCUT2D eigenvalue weighted by Crippen LogP contribution is 2.37. The third-order valence-electron chi connectivity index (χ3n) is 5.29. The summed E-state index contributed by atoms with van der Waals surface area (Å²) in [5, 5.41) is 12.1. The fourth-order valence-corrected chi connectivity index (χ4v) is 4.11. The zero-order valence-corrected chi connectivity index (χ0v) is 16.9. The van der Waals surface area contributed by atoms with Crippen molar-refractivity contribution in [2.24, 2.45) is 7.05 Å². The number of hydrogen-bond acceptors (Lipinski definition) is 5. The molecule has 1 atom stereocenters. The van der Waals surface area contributed by atoms with E-state index in [-0.39, 0.29) is 6.10 Å². The van der Waals surface area contributed by atoms with Crippen molar-refractivity contribution < 1.29 is 9.47 Å². The number of nitrogens with one attached hydrogen (secondary N) is 2. The molecule has 5 rings (SSSR count). The zero-order chi connectivity index (χ0) is 19.8. The molecule has 0 radical (unpaired) electrons. The van der Waals surface area contributed by atoms with Gasteiger partial charge in [0.05, 0.1) is 27.5 Å². The summed E-state index contributed by atoms with van der Waals surface area (Å²) >= 11 is 6.65. The summed E-state index contributed by atoms with van der Waals surface area (Å²) in [7, 11) is 1.98. The number of aromatic amines is 1. The Kier molecular flexibility index (Phi) is 4.77. The quantitative estimate of drug-likeness (QED) is 0.493. The fourth-order valence-electron chi connectivity index (χ4n) is 3.80. The van der Waals surface area contributed by atoms with Gasteiger partial charge in [-0.2, -0.15) is 5.10 Å². The molecular weight excluding hydrogens is 390 g/mol. The number of aryl methyl sites for hydroxylation is 1. The van der Waals surface area contributed by atoms with Crippen molar-refractivity contribution in [3.8, 4) is 5.75 Å². The number of pyridine rings is 1. The van der Waals surface area contributed by atoms with E-state index in [9.17, 15) is 0 Å². The van der Waals surface area contributed by atoms with Crippen LogP contribution >= 0.6 is 11.6 Å². The van der Waals surface area contributed by atoms with Gasteiger partial charge in [-0.25, -0.2) is 0 Å². The second-order valence-electron chi connectivity index (χ2n) is 7.35. The molecule has 150 valence electrons. The summed E-state index contributed by atoms with van der Waals surface area (Å²) < 4.78 is 13.9. The predicted molar refractivity (Wildman–Crippen MR) is 114 cm³/mol. The molecule has 4 aromatic rings. The third-order valence-corrected chi connectivity index (χ3v) is 5.59. The Morgan fingerprint density at radius 3 is 3.17 bits per heavy atom. The molecule has 4 heterocycles. The Labute approximate surface area is 173 Å². The average Bonchev–Trinajstić information content (AvgIpc) is 3.29. The minimum Gasteiger partial charge on any atom is -0.489 e. The number of halogens is 1. The minimum atomic E-state index is 0.152. The van der Waals surface area contributed by atoms with E-state index in [4.69, 9.17) is 21.1 Å². The number of hydrogen-bond donors (Lipinski definition) is 2. The molecule has 29 heavy (non-hydrogen) atoms. The van der Waals surface area contributed by atoms with Crippen molar-refractivity contribution in [2.45, 2.75) is 25.4 Å². The molecule has 0 spiro atoms. The highest BCUT2D eigenvalue weighted by Gasteiger charge is 2.18. The van der Waals surface area contributed by atoms with Gasteiger partial charge in [0, 0.05) is 31.7 Å². The molecule has 0 bridgehead atoms. The summed E-state index contributed by atoms with van der Waals surface area (Å²) in [5.41, 5.74) is 3.48. The van der Waals surface area contributed by atoms with Gasteiger partial charge in [-0.05, 0) is 43.5 Å². The first kappa shape index (κ1) is 18.3. The Balaban J connectivity index is 1.43. The standard InChI is InChI=1S/C21H22ClN5O2/c1-27-11-18(29-12-14-5-2-3-8-28-14)19-15(22)9-13(10-17(19)27)24-21-20-16(25-26-21)6-4-7-23-20/h4,6-7,9-11,14H,2-3,5,8,12H2,1H3,(H2,24,25,26). The van der Waals surface area contributed by atoms with Gasteiger partial charge in [0.1, 0.15) is 17.9 Å². The normalized spacial score (nSPS) is 17.1. The van der Waals surface area contributed by atoms with Crippen LogP contribution in [0.4, 0.5) is 11.5 Å². The van der Waals surface area contributed by atoms with E-state index in [0.29, 0.717) is 17.4 Å². The topological polar surface area (TPSA) is 77.0 Å².